The summed E-state index contributed by atoms with van der Waals surface area (Å²) in [6.07, 6.45) is 2.09. The fraction of sp³-hybridized carbons (Fsp3) is 0.258. The van der Waals surface area contributed by atoms with E-state index in [-0.39, 0.29) is 40.9 Å². The Bertz CT molecular complexity index is 1430. The SMILES string of the molecule is CC(=O)c1ccc(NC(=O)COC(=O)c2cccc(N3C(=O)[C@@H]4CC[C@H](c5ccccc5)C[C@H]4C3=O)c2)cc1. The highest BCUT2D eigenvalue weighted by Crippen LogP contribution is 2.45. The molecule has 5 rings (SSSR count). The molecule has 1 aliphatic carbocycles. The lowest BCUT2D eigenvalue weighted by Gasteiger charge is -2.28. The number of benzene rings is 3. The molecule has 2 aliphatic rings. The molecule has 0 spiro atoms. The third-order valence-electron chi connectivity index (χ3n) is 7.45. The van der Waals surface area contributed by atoms with Crippen molar-refractivity contribution in [1.82, 2.24) is 0 Å². The van der Waals surface area contributed by atoms with Crippen LogP contribution in [-0.4, -0.2) is 36.1 Å². The lowest BCUT2D eigenvalue weighted by atomic mass is 9.73. The normalized spacial score (nSPS) is 20.3. The maximum Gasteiger partial charge on any atom is 0.338 e. The highest BCUT2D eigenvalue weighted by atomic mass is 16.5. The number of carbonyl (C=O) groups excluding carboxylic acids is 5. The molecule has 8 heteroatoms. The average molecular weight is 525 g/mol. The van der Waals surface area contributed by atoms with Crippen LogP contribution in [0.2, 0.25) is 0 Å². The number of Topliss-reactive ketones (excluding diaryl/α,β-unsaturated/α-hetero) is 1. The second-order valence-corrected chi connectivity index (χ2v) is 9.95. The highest BCUT2D eigenvalue weighted by molar-refractivity contribution is 6.22. The predicted molar refractivity (Wildman–Crippen MR) is 144 cm³/mol. The minimum atomic E-state index is -0.750. The van der Waals surface area contributed by atoms with Gasteiger partial charge in [-0.25, -0.2) is 4.79 Å². The van der Waals surface area contributed by atoms with Gasteiger partial charge in [-0.15, -0.1) is 0 Å². The molecule has 0 radical (unpaired) electrons. The van der Waals surface area contributed by atoms with Crippen LogP contribution in [0.25, 0.3) is 0 Å². The molecule has 0 bridgehead atoms. The van der Waals surface area contributed by atoms with Gasteiger partial charge in [-0.05, 0) is 80.1 Å². The molecule has 198 valence electrons. The molecule has 3 amide bonds. The smallest absolute Gasteiger partial charge is 0.338 e. The van der Waals surface area contributed by atoms with Gasteiger partial charge < -0.3 is 10.1 Å². The number of fused-ring (bicyclic) bond motifs is 1. The van der Waals surface area contributed by atoms with Crippen LogP contribution in [0.5, 0.6) is 0 Å². The minimum absolute atomic E-state index is 0.0866. The van der Waals surface area contributed by atoms with Crippen LogP contribution < -0.4 is 10.2 Å². The van der Waals surface area contributed by atoms with Gasteiger partial charge in [0.2, 0.25) is 11.8 Å². The maximum atomic E-state index is 13.4. The predicted octanol–water partition coefficient (Wildman–Crippen LogP) is 4.76. The third-order valence-corrected chi connectivity index (χ3v) is 7.45. The van der Waals surface area contributed by atoms with Gasteiger partial charge in [0.05, 0.1) is 23.1 Å². The fourth-order valence-electron chi connectivity index (χ4n) is 5.43. The lowest BCUT2D eigenvalue weighted by Crippen LogP contribution is -2.31. The van der Waals surface area contributed by atoms with E-state index in [0.29, 0.717) is 29.8 Å². The summed E-state index contributed by atoms with van der Waals surface area (Å²) in [4.78, 5) is 64.1. The first-order chi connectivity index (χ1) is 18.8. The molecule has 0 aromatic heterocycles. The van der Waals surface area contributed by atoms with Crippen molar-refractivity contribution < 1.29 is 28.7 Å². The van der Waals surface area contributed by atoms with Crippen LogP contribution in [0.15, 0.2) is 78.9 Å². The van der Waals surface area contributed by atoms with E-state index in [4.69, 9.17) is 4.74 Å². The van der Waals surface area contributed by atoms with Crippen molar-refractivity contribution >= 4 is 40.8 Å². The molecule has 3 aromatic carbocycles. The summed E-state index contributed by atoms with van der Waals surface area (Å²) in [5.74, 6) is -2.39. The first-order valence-corrected chi connectivity index (χ1v) is 12.9. The Morgan fingerprint density at radius 2 is 1.56 bits per heavy atom. The summed E-state index contributed by atoms with van der Waals surface area (Å²) in [6, 6.07) is 22.6. The van der Waals surface area contributed by atoms with Crippen molar-refractivity contribution in [3.05, 3.63) is 95.6 Å². The van der Waals surface area contributed by atoms with Gasteiger partial charge in [-0.3, -0.25) is 24.1 Å². The average Bonchev–Trinajstić information content (AvgIpc) is 3.21. The van der Waals surface area contributed by atoms with Crippen LogP contribution in [0.4, 0.5) is 11.4 Å². The number of carbonyl (C=O) groups is 5. The van der Waals surface area contributed by atoms with Gasteiger partial charge >= 0.3 is 5.97 Å². The van der Waals surface area contributed by atoms with E-state index in [1.165, 1.54) is 29.5 Å². The molecule has 1 saturated carbocycles. The second-order valence-electron chi connectivity index (χ2n) is 9.95. The second kappa shape index (κ2) is 11.0. The summed E-state index contributed by atoms with van der Waals surface area (Å²) in [5, 5.41) is 2.60. The number of ether oxygens (including phenoxy) is 1. The van der Waals surface area contributed by atoms with Gasteiger partial charge in [0.25, 0.3) is 5.91 Å². The van der Waals surface area contributed by atoms with Gasteiger partial charge in [0.15, 0.2) is 12.4 Å². The summed E-state index contributed by atoms with van der Waals surface area (Å²) in [7, 11) is 0. The third kappa shape index (κ3) is 5.50. The monoisotopic (exact) mass is 524 g/mol. The van der Waals surface area contributed by atoms with E-state index in [1.807, 2.05) is 18.2 Å². The van der Waals surface area contributed by atoms with Crippen molar-refractivity contribution in [2.45, 2.75) is 32.1 Å². The van der Waals surface area contributed by atoms with E-state index in [1.54, 1.807) is 36.4 Å². The van der Waals surface area contributed by atoms with Crippen molar-refractivity contribution in [3.8, 4) is 0 Å². The number of esters is 1. The van der Waals surface area contributed by atoms with Crippen LogP contribution in [0, 0.1) is 11.8 Å². The van der Waals surface area contributed by atoms with Crippen LogP contribution in [0.1, 0.15) is 58.4 Å². The van der Waals surface area contributed by atoms with Crippen LogP contribution >= 0.6 is 0 Å². The van der Waals surface area contributed by atoms with Crippen molar-refractivity contribution in [3.63, 3.8) is 0 Å². The molecule has 3 aromatic rings. The van der Waals surface area contributed by atoms with Gasteiger partial charge in [-0.2, -0.15) is 0 Å². The Morgan fingerprint density at radius 1 is 0.846 bits per heavy atom. The molecule has 8 nitrogen and oxygen atoms in total. The van der Waals surface area contributed by atoms with E-state index >= 15 is 0 Å². The molecule has 1 heterocycles. The topological polar surface area (TPSA) is 110 Å². The van der Waals surface area contributed by atoms with Gasteiger partial charge in [-0.1, -0.05) is 36.4 Å². The summed E-state index contributed by atoms with van der Waals surface area (Å²) >= 11 is 0. The zero-order valence-electron chi connectivity index (χ0n) is 21.5. The number of rotatable bonds is 7. The largest absolute Gasteiger partial charge is 0.452 e. The molecule has 0 unspecified atom stereocenters. The molecular weight excluding hydrogens is 496 g/mol. The number of nitrogens with zero attached hydrogens (tertiary/aromatic N) is 1. The zero-order chi connectivity index (χ0) is 27.5. The Kier molecular flexibility index (Phi) is 7.36. The van der Waals surface area contributed by atoms with E-state index in [9.17, 15) is 24.0 Å². The molecule has 3 atom stereocenters. The summed E-state index contributed by atoms with van der Waals surface area (Å²) in [6.45, 7) is 0.927. The number of hydrogen-bond donors (Lipinski definition) is 1. The first-order valence-electron chi connectivity index (χ1n) is 12.9. The van der Waals surface area contributed by atoms with E-state index in [2.05, 4.69) is 17.4 Å². The first kappa shape index (κ1) is 26.0. The Balaban J connectivity index is 1.22. The molecule has 2 fully saturated rings. The molecule has 1 aliphatic heterocycles. The summed E-state index contributed by atoms with van der Waals surface area (Å²) in [5.41, 5.74) is 2.61. The number of imide groups is 1. The van der Waals surface area contributed by atoms with Crippen molar-refractivity contribution in [1.29, 1.82) is 0 Å². The van der Waals surface area contributed by atoms with Crippen LogP contribution in [-0.2, 0) is 19.1 Å². The lowest BCUT2D eigenvalue weighted by molar-refractivity contribution is -0.122. The Labute approximate surface area is 226 Å². The van der Waals surface area contributed by atoms with Crippen molar-refractivity contribution in [2.24, 2.45) is 11.8 Å². The van der Waals surface area contributed by atoms with Crippen molar-refractivity contribution in [2.75, 3.05) is 16.8 Å². The number of ketones is 1. The van der Waals surface area contributed by atoms with Gasteiger partial charge in [0.1, 0.15) is 0 Å². The Morgan fingerprint density at radius 3 is 2.28 bits per heavy atom. The summed E-state index contributed by atoms with van der Waals surface area (Å²) < 4.78 is 5.16. The quantitative estimate of drug-likeness (QED) is 0.271. The van der Waals surface area contributed by atoms with Crippen LogP contribution in [0.3, 0.4) is 0 Å². The number of nitrogens with one attached hydrogen (secondary N) is 1. The zero-order valence-corrected chi connectivity index (χ0v) is 21.5. The highest BCUT2D eigenvalue weighted by Gasteiger charge is 2.50. The molecule has 39 heavy (non-hydrogen) atoms. The fourth-order valence-corrected chi connectivity index (χ4v) is 5.43. The maximum absolute atomic E-state index is 13.4. The molecular formula is C31H28N2O6. The van der Waals surface area contributed by atoms with E-state index in [0.717, 1.165) is 6.42 Å². The molecule has 1 saturated heterocycles. The van der Waals surface area contributed by atoms with E-state index < -0.39 is 18.5 Å². The Hall–Kier alpha value is -4.59. The van der Waals surface area contributed by atoms with Gasteiger partial charge in [0, 0.05) is 11.3 Å². The number of hydrogen-bond acceptors (Lipinski definition) is 6. The standard InChI is InChI=1S/C31H28N2O6/c1-19(34)20-10-13-24(14-11-20)32-28(35)18-39-31(38)23-8-5-9-25(16-23)33-29(36)26-15-12-22(17-27(26)30(33)37)21-6-3-2-4-7-21/h2-11,13-14,16,22,26-27H,12,15,17-18H2,1H3,(H,32,35)/t22-,26+,27+/m0/s1. The number of anilines is 2. The minimum Gasteiger partial charge on any atom is -0.452 e. The number of amides is 3. The molecule has 1 N–H and O–H groups in total.